The number of halogens is 2. The molecule has 0 saturated carbocycles. The molecule has 0 amide bonds. The van der Waals surface area contributed by atoms with Crippen LogP contribution in [0.4, 0.5) is 8.78 Å². The first-order valence-electron chi connectivity index (χ1n) is 6.15. The summed E-state index contributed by atoms with van der Waals surface area (Å²) < 4.78 is 31.1. The van der Waals surface area contributed by atoms with Crippen LogP contribution in [0, 0.1) is 11.6 Å². The predicted octanol–water partition coefficient (Wildman–Crippen LogP) is 1.98. The van der Waals surface area contributed by atoms with Gasteiger partial charge in [0.25, 0.3) is 0 Å². The fraction of sp³-hybridized carbons (Fsp3) is 0.154. The average Bonchev–Trinajstić information content (AvgIpc) is 3.12. The van der Waals surface area contributed by atoms with Gasteiger partial charge in [0, 0.05) is 23.9 Å². The fourth-order valence-electron chi connectivity index (χ4n) is 1.86. The number of H-pyrrole nitrogens is 1. The minimum absolute atomic E-state index is 0.156. The lowest BCUT2D eigenvalue weighted by atomic mass is 10.2. The van der Waals surface area contributed by atoms with Crippen LogP contribution >= 0.6 is 0 Å². The summed E-state index contributed by atoms with van der Waals surface area (Å²) in [5, 5.41) is 3.73. The van der Waals surface area contributed by atoms with Crippen molar-refractivity contribution >= 4 is 0 Å². The second kappa shape index (κ2) is 5.41. The van der Waals surface area contributed by atoms with Crippen LogP contribution in [0.2, 0.25) is 0 Å². The maximum Gasteiger partial charge on any atom is 0.244 e. The summed E-state index contributed by atoms with van der Waals surface area (Å²) in [5.41, 5.74) is 7.10. The number of nitrogens with two attached hydrogens (primary N) is 1. The first-order valence-corrected chi connectivity index (χ1v) is 6.15. The third-order valence-electron chi connectivity index (χ3n) is 2.93. The molecule has 3 rings (SSSR count). The second-order valence-electron chi connectivity index (χ2n) is 4.47. The van der Waals surface area contributed by atoms with Crippen molar-refractivity contribution in [3.8, 4) is 11.4 Å². The fourth-order valence-corrected chi connectivity index (χ4v) is 1.86. The highest BCUT2D eigenvalue weighted by Gasteiger charge is 2.17. The molecular formula is C13H11F2N5O. The van der Waals surface area contributed by atoms with Gasteiger partial charge in [-0.15, -0.1) is 0 Å². The summed E-state index contributed by atoms with van der Waals surface area (Å²) in [6.07, 6.45) is 3.63. The van der Waals surface area contributed by atoms with Crippen LogP contribution in [0.15, 0.2) is 35.2 Å². The van der Waals surface area contributed by atoms with Crippen LogP contribution < -0.4 is 5.73 Å². The number of hydrogen-bond donors (Lipinski definition) is 2. The molecule has 0 spiro atoms. The van der Waals surface area contributed by atoms with E-state index >= 15 is 0 Å². The molecule has 21 heavy (non-hydrogen) atoms. The Morgan fingerprint density at radius 2 is 2.14 bits per heavy atom. The lowest BCUT2D eigenvalue weighted by molar-refractivity contribution is 0.354. The third-order valence-corrected chi connectivity index (χ3v) is 2.93. The summed E-state index contributed by atoms with van der Waals surface area (Å²) >= 11 is 0. The zero-order chi connectivity index (χ0) is 14.8. The second-order valence-corrected chi connectivity index (χ2v) is 4.47. The van der Waals surface area contributed by atoms with Gasteiger partial charge in [0.1, 0.15) is 0 Å². The molecule has 3 N–H and O–H groups in total. The van der Waals surface area contributed by atoms with E-state index in [2.05, 4.69) is 20.1 Å². The van der Waals surface area contributed by atoms with Crippen molar-refractivity contribution in [2.24, 2.45) is 5.73 Å². The highest BCUT2D eigenvalue weighted by molar-refractivity contribution is 5.54. The summed E-state index contributed by atoms with van der Waals surface area (Å²) in [7, 11) is 0. The average molecular weight is 291 g/mol. The van der Waals surface area contributed by atoms with Crippen molar-refractivity contribution < 1.29 is 13.3 Å². The van der Waals surface area contributed by atoms with Gasteiger partial charge in [0.2, 0.25) is 11.7 Å². The van der Waals surface area contributed by atoms with E-state index in [9.17, 15) is 8.78 Å². The van der Waals surface area contributed by atoms with Gasteiger partial charge in [0.05, 0.1) is 12.4 Å². The molecule has 0 aliphatic rings. The molecule has 8 heteroatoms. The molecule has 0 aliphatic carbocycles. The van der Waals surface area contributed by atoms with Gasteiger partial charge in [-0.3, -0.25) is 0 Å². The number of aromatic nitrogens is 4. The van der Waals surface area contributed by atoms with E-state index in [-0.39, 0.29) is 11.7 Å². The number of benzene rings is 1. The number of imidazole rings is 1. The Morgan fingerprint density at radius 3 is 2.86 bits per heavy atom. The van der Waals surface area contributed by atoms with Gasteiger partial charge in [0.15, 0.2) is 11.6 Å². The maximum atomic E-state index is 13.2. The molecule has 0 bridgehead atoms. The molecule has 108 valence electrons. The molecule has 0 radical (unpaired) electrons. The summed E-state index contributed by atoms with van der Waals surface area (Å²) in [6.45, 7) is 0. The van der Waals surface area contributed by atoms with Crippen molar-refractivity contribution in [1.29, 1.82) is 0 Å². The van der Waals surface area contributed by atoms with E-state index in [0.29, 0.717) is 12.0 Å². The molecule has 6 nitrogen and oxygen atoms in total. The summed E-state index contributed by atoms with van der Waals surface area (Å²) in [5.74, 6) is -1.53. The normalized spacial score (nSPS) is 12.5. The molecule has 0 saturated heterocycles. The van der Waals surface area contributed by atoms with E-state index in [1.807, 2.05) is 0 Å². The topological polar surface area (TPSA) is 93.6 Å². The Kier molecular flexibility index (Phi) is 3.44. The van der Waals surface area contributed by atoms with Crippen LogP contribution in [-0.4, -0.2) is 20.1 Å². The van der Waals surface area contributed by atoms with Gasteiger partial charge < -0.3 is 15.2 Å². The molecule has 0 unspecified atom stereocenters. The lowest BCUT2D eigenvalue weighted by Gasteiger charge is -2.03. The molecule has 0 aliphatic heterocycles. The van der Waals surface area contributed by atoms with E-state index < -0.39 is 17.7 Å². The standard InChI is InChI=1S/C13H11F2N5O/c14-9-2-1-7(3-10(9)15)12-19-13(21-20-12)11(16)4-8-5-17-6-18-8/h1-3,5-6,11H,4,16H2,(H,17,18)/t11-/m1/s1. The SMILES string of the molecule is N[C@H](Cc1cnc[nH]1)c1nc(-c2ccc(F)c(F)c2)no1. The third kappa shape index (κ3) is 2.79. The maximum absolute atomic E-state index is 13.2. The van der Waals surface area contributed by atoms with E-state index in [1.54, 1.807) is 12.5 Å². The van der Waals surface area contributed by atoms with Crippen LogP contribution in [0.1, 0.15) is 17.6 Å². The van der Waals surface area contributed by atoms with Crippen LogP contribution in [0.25, 0.3) is 11.4 Å². The minimum Gasteiger partial charge on any atom is -0.348 e. The molecule has 3 aromatic rings. The Labute approximate surface area is 118 Å². The lowest BCUT2D eigenvalue weighted by Crippen LogP contribution is -2.14. The molecule has 2 heterocycles. The number of nitrogens with zero attached hydrogens (tertiary/aromatic N) is 3. The van der Waals surface area contributed by atoms with Crippen molar-refractivity contribution in [2.45, 2.75) is 12.5 Å². The predicted molar refractivity (Wildman–Crippen MR) is 68.9 cm³/mol. The molecule has 0 fully saturated rings. The van der Waals surface area contributed by atoms with Crippen LogP contribution in [0.5, 0.6) is 0 Å². The van der Waals surface area contributed by atoms with Gasteiger partial charge in [-0.25, -0.2) is 13.8 Å². The molecular weight excluding hydrogens is 280 g/mol. The van der Waals surface area contributed by atoms with Crippen molar-refractivity contribution in [3.05, 3.63) is 53.9 Å². The van der Waals surface area contributed by atoms with Crippen molar-refractivity contribution in [2.75, 3.05) is 0 Å². The van der Waals surface area contributed by atoms with Crippen molar-refractivity contribution in [3.63, 3.8) is 0 Å². The highest BCUT2D eigenvalue weighted by Crippen LogP contribution is 2.21. The molecule has 2 aromatic heterocycles. The molecule has 1 atom stereocenters. The van der Waals surface area contributed by atoms with Crippen LogP contribution in [-0.2, 0) is 6.42 Å². The van der Waals surface area contributed by atoms with Gasteiger partial charge in [-0.2, -0.15) is 4.98 Å². The number of aromatic amines is 1. The van der Waals surface area contributed by atoms with Crippen molar-refractivity contribution in [1.82, 2.24) is 20.1 Å². The monoisotopic (exact) mass is 291 g/mol. The number of nitrogens with one attached hydrogen (secondary N) is 1. The quantitative estimate of drug-likeness (QED) is 0.766. The first-order chi connectivity index (χ1) is 10.1. The largest absolute Gasteiger partial charge is 0.348 e. The molecule has 1 aromatic carbocycles. The van der Waals surface area contributed by atoms with E-state index in [4.69, 9.17) is 10.3 Å². The zero-order valence-electron chi connectivity index (χ0n) is 10.8. The Hall–Kier alpha value is -2.61. The Balaban J connectivity index is 1.80. The number of hydrogen-bond acceptors (Lipinski definition) is 5. The van der Waals surface area contributed by atoms with Crippen LogP contribution in [0.3, 0.4) is 0 Å². The summed E-state index contributed by atoms with van der Waals surface area (Å²) in [6, 6.07) is 2.86. The first kappa shape index (κ1) is 13.4. The summed E-state index contributed by atoms with van der Waals surface area (Å²) in [4.78, 5) is 10.9. The number of rotatable bonds is 4. The van der Waals surface area contributed by atoms with Gasteiger partial charge in [-0.05, 0) is 18.2 Å². The van der Waals surface area contributed by atoms with E-state index in [0.717, 1.165) is 17.8 Å². The Bertz CT molecular complexity index is 741. The highest BCUT2D eigenvalue weighted by atomic mass is 19.2. The van der Waals surface area contributed by atoms with Gasteiger partial charge in [-0.1, -0.05) is 5.16 Å². The zero-order valence-corrected chi connectivity index (χ0v) is 10.8. The Morgan fingerprint density at radius 1 is 1.29 bits per heavy atom. The van der Waals surface area contributed by atoms with E-state index in [1.165, 1.54) is 6.07 Å². The smallest absolute Gasteiger partial charge is 0.244 e. The van der Waals surface area contributed by atoms with Gasteiger partial charge >= 0.3 is 0 Å². The minimum atomic E-state index is -0.972.